The largest absolute Gasteiger partial charge is 0.497 e. The van der Waals surface area contributed by atoms with Crippen molar-refractivity contribution in [2.75, 3.05) is 7.11 Å². The maximum Gasteiger partial charge on any atom is 0.335 e. The average Bonchev–Trinajstić information content (AvgIpc) is 3.15. The molecular formula is C28H22N4O6. The highest BCUT2D eigenvalue weighted by Gasteiger charge is 2.35. The first-order valence-electron chi connectivity index (χ1n) is 11.6. The van der Waals surface area contributed by atoms with Crippen molar-refractivity contribution in [1.29, 1.82) is 0 Å². The van der Waals surface area contributed by atoms with Gasteiger partial charge in [0.25, 0.3) is 17.4 Å². The fraction of sp³-hybridized carbons (Fsp3) is 0.107. The van der Waals surface area contributed by atoms with Gasteiger partial charge in [-0.15, -0.1) is 0 Å². The quantitative estimate of drug-likeness (QED) is 0.302. The molecule has 10 heteroatoms. The van der Waals surface area contributed by atoms with Gasteiger partial charge >= 0.3 is 5.69 Å². The van der Waals surface area contributed by atoms with Crippen molar-refractivity contribution < 1.29 is 19.4 Å². The summed E-state index contributed by atoms with van der Waals surface area (Å²) in [5.41, 5.74) is 1.17. The number of aryl methyl sites for hydroxylation is 1. The van der Waals surface area contributed by atoms with Gasteiger partial charge in [0.1, 0.15) is 11.3 Å². The number of hydrogen-bond acceptors (Lipinski definition) is 7. The summed E-state index contributed by atoms with van der Waals surface area (Å²) in [4.78, 5) is 58.2. The lowest BCUT2D eigenvalue weighted by molar-refractivity contribution is 0.0642. The van der Waals surface area contributed by atoms with Crippen LogP contribution in [0.4, 0.5) is 5.69 Å². The van der Waals surface area contributed by atoms with Crippen LogP contribution in [0.3, 0.4) is 0 Å². The molecular weight excluding hydrogens is 488 g/mol. The van der Waals surface area contributed by atoms with Crippen molar-refractivity contribution >= 4 is 23.7 Å². The summed E-state index contributed by atoms with van der Waals surface area (Å²) in [6, 6.07) is 18.2. The van der Waals surface area contributed by atoms with Gasteiger partial charge < -0.3 is 9.84 Å². The summed E-state index contributed by atoms with van der Waals surface area (Å²) in [6.45, 7) is 1.90. The van der Waals surface area contributed by atoms with Crippen LogP contribution < -0.4 is 16.0 Å². The van der Waals surface area contributed by atoms with E-state index >= 15 is 0 Å². The number of aromatic nitrogens is 2. The number of amides is 2. The van der Waals surface area contributed by atoms with Crippen LogP contribution in [0.15, 0.2) is 81.3 Å². The molecule has 0 bridgehead atoms. The fourth-order valence-corrected chi connectivity index (χ4v) is 4.23. The van der Waals surface area contributed by atoms with Gasteiger partial charge in [0.15, 0.2) is 0 Å². The van der Waals surface area contributed by atoms with Crippen molar-refractivity contribution in [3.05, 3.63) is 115 Å². The van der Waals surface area contributed by atoms with Gasteiger partial charge in [-0.3, -0.25) is 29.3 Å². The lowest BCUT2D eigenvalue weighted by Crippen LogP contribution is -2.31. The number of rotatable bonds is 6. The van der Waals surface area contributed by atoms with E-state index in [1.54, 1.807) is 66.7 Å². The summed E-state index contributed by atoms with van der Waals surface area (Å²) in [5.74, 6) is -0.748. The Morgan fingerprint density at radius 2 is 1.61 bits per heavy atom. The zero-order chi connectivity index (χ0) is 27.0. The average molecular weight is 511 g/mol. The van der Waals surface area contributed by atoms with Gasteiger partial charge in [-0.05, 0) is 66.6 Å². The minimum atomic E-state index is -0.812. The summed E-state index contributed by atoms with van der Waals surface area (Å²) in [5, 5.41) is 10.8. The van der Waals surface area contributed by atoms with E-state index in [1.807, 2.05) is 6.92 Å². The van der Waals surface area contributed by atoms with Crippen LogP contribution >= 0.6 is 0 Å². The van der Waals surface area contributed by atoms with Crippen molar-refractivity contribution in [2.45, 2.75) is 13.5 Å². The highest BCUT2D eigenvalue weighted by Crippen LogP contribution is 2.27. The summed E-state index contributed by atoms with van der Waals surface area (Å²) >= 11 is 0. The number of nitrogens with one attached hydrogen (secondary N) is 1. The molecule has 0 radical (unpaired) electrons. The Labute approximate surface area is 216 Å². The van der Waals surface area contributed by atoms with E-state index in [4.69, 9.17) is 4.74 Å². The minimum Gasteiger partial charge on any atom is -0.497 e. The molecule has 0 aliphatic carbocycles. The number of nitrogens with zero attached hydrogens (tertiary/aromatic N) is 3. The van der Waals surface area contributed by atoms with Crippen molar-refractivity contribution in [3.8, 4) is 17.3 Å². The molecule has 2 N–H and O–H groups in total. The van der Waals surface area contributed by atoms with Gasteiger partial charge in [0, 0.05) is 6.21 Å². The Morgan fingerprint density at radius 1 is 0.947 bits per heavy atom. The van der Waals surface area contributed by atoms with Crippen molar-refractivity contribution in [2.24, 2.45) is 4.99 Å². The van der Waals surface area contributed by atoms with Gasteiger partial charge in [0.05, 0.1) is 36.2 Å². The molecule has 0 saturated heterocycles. The van der Waals surface area contributed by atoms with Crippen LogP contribution in [0.5, 0.6) is 11.6 Å². The lowest BCUT2D eigenvalue weighted by Gasteiger charge is -2.16. The molecule has 1 aliphatic rings. The Kier molecular flexibility index (Phi) is 6.21. The molecule has 10 nitrogen and oxygen atoms in total. The second kappa shape index (κ2) is 9.66. The van der Waals surface area contributed by atoms with Gasteiger partial charge in [-0.2, -0.15) is 0 Å². The number of carbonyl (C=O) groups excluding carboxylic acids is 2. The molecule has 3 aromatic carbocycles. The SMILES string of the molecule is COc1ccc(-n2c(O)c(C=Nc3ccc(C)c(CN4C(=O)c5ccccc5C4=O)c3)c(=O)[nH]c2=O)cc1. The van der Waals surface area contributed by atoms with Gasteiger partial charge in [-0.25, -0.2) is 9.36 Å². The van der Waals surface area contributed by atoms with E-state index in [1.165, 1.54) is 12.0 Å². The third-order valence-corrected chi connectivity index (χ3v) is 6.33. The second-order valence-electron chi connectivity index (χ2n) is 8.64. The van der Waals surface area contributed by atoms with Crippen LogP contribution in [-0.2, 0) is 6.54 Å². The molecule has 2 heterocycles. The van der Waals surface area contributed by atoms with E-state index in [0.717, 1.165) is 16.3 Å². The third-order valence-electron chi connectivity index (χ3n) is 6.33. The number of aromatic hydroxyl groups is 1. The smallest absolute Gasteiger partial charge is 0.335 e. The maximum atomic E-state index is 12.8. The standard InChI is InChI=1S/C28H22N4O6/c1-16-7-8-18(13-17(16)15-31-25(34)21-5-3-4-6-22(21)26(31)35)29-14-23-24(33)30-28(37)32(27(23)36)19-9-11-20(38-2)12-10-19/h3-14,36H,15H2,1-2H3,(H,30,33,37). The monoisotopic (exact) mass is 510 g/mol. The Balaban J connectivity index is 1.45. The molecule has 5 rings (SSSR count). The molecule has 38 heavy (non-hydrogen) atoms. The van der Waals surface area contributed by atoms with Gasteiger partial charge in [-0.1, -0.05) is 18.2 Å². The molecule has 0 saturated carbocycles. The van der Waals surface area contributed by atoms with Crippen LogP contribution in [0.1, 0.15) is 37.4 Å². The van der Waals surface area contributed by atoms with Crippen LogP contribution in [-0.4, -0.2) is 44.7 Å². The van der Waals surface area contributed by atoms with E-state index in [-0.39, 0.29) is 23.9 Å². The molecule has 4 aromatic rings. The first-order valence-corrected chi connectivity index (χ1v) is 11.6. The molecule has 1 aromatic heterocycles. The number of hydrogen-bond donors (Lipinski definition) is 2. The molecule has 0 atom stereocenters. The Bertz CT molecular complexity index is 1700. The summed E-state index contributed by atoms with van der Waals surface area (Å²) in [6.07, 6.45) is 1.16. The Morgan fingerprint density at radius 3 is 2.24 bits per heavy atom. The van der Waals surface area contributed by atoms with E-state index < -0.39 is 17.1 Å². The number of imide groups is 1. The zero-order valence-corrected chi connectivity index (χ0v) is 20.5. The molecule has 190 valence electrons. The summed E-state index contributed by atoms with van der Waals surface area (Å²) in [7, 11) is 1.50. The molecule has 1 aliphatic heterocycles. The van der Waals surface area contributed by atoms with Crippen LogP contribution in [0, 0.1) is 6.92 Å². The number of aliphatic imine (C=N–C) groups is 1. The molecule has 0 spiro atoms. The normalized spacial score (nSPS) is 12.8. The number of H-pyrrole nitrogens is 1. The van der Waals surface area contributed by atoms with E-state index in [9.17, 15) is 24.3 Å². The zero-order valence-electron chi connectivity index (χ0n) is 20.5. The molecule has 0 fully saturated rings. The maximum absolute atomic E-state index is 12.8. The number of methoxy groups -OCH3 is 1. The Hall–Kier alpha value is -5.25. The number of ether oxygens (including phenoxy) is 1. The van der Waals surface area contributed by atoms with Crippen LogP contribution in [0.25, 0.3) is 5.69 Å². The second-order valence-corrected chi connectivity index (χ2v) is 8.64. The van der Waals surface area contributed by atoms with E-state index in [0.29, 0.717) is 33.8 Å². The number of benzene rings is 3. The summed E-state index contributed by atoms with van der Waals surface area (Å²) < 4.78 is 6.06. The van der Waals surface area contributed by atoms with Crippen molar-refractivity contribution in [3.63, 3.8) is 0 Å². The first-order chi connectivity index (χ1) is 18.3. The lowest BCUT2D eigenvalue weighted by atomic mass is 10.1. The van der Waals surface area contributed by atoms with E-state index in [2.05, 4.69) is 9.98 Å². The highest BCUT2D eigenvalue weighted by atomic mass is 16.5. The topological polar surface area (TPSA) is 134 Å². The molecule has 0 unspecified atom stereocenters. The first kappa shape index (κ1) is 24.4. The van der Waals surface area contributed by atoms with Gasteiger partial charge in [0.2, 0.25) is 5.88 Å². The predicted octanol–water partition coefficient (Wildman–Crippen LogP) is 3.10. The van der Waals surface area contributed by atoms with Crippen LogP contribution in [0.2, 0.25) is 0 Å². The number of aromatic amines is 1. The predicted molar refractivity (Wildman–Crippen MR) is 140 cm³/mol. The third kappa shape index (κ3) is 4.28. The van der Waals surface area contributed by atoms with Crippen molar-refractivity contribution in [1.82, 2.24) is 14.5 Å². The molecule has 2 amide bonds. The number of carbonyl (C=O) groups is 2. The fourth-order valence-electron chi connectivity index (χ4n) is 4.23. The highest BCUT2D eigenvalue weighted by molar-refractivity contribution is 6.21. The number of fused-ring (bicyclic) bond motifs is 1. The minimum absolute atomic E-state index is 0.0513.